The molecule has 1 N–H and O–H groups in total. The Kier molecular flexibility index (Phi) is 3.75. The van der Waals surface area contributed by atoms with E-state index in [4.69, 9.17) is 0 Å². The average molecular weight is 291 g/mol. The third-order valence-electron chi connectivity index (χ3n) is 3.03. The number of thioether (sulfide) groups is 1. The topological polar surface area (TPSA) is 37.3 Å². The van der Waals surface area contributed by atoms with Gasteiger partial charge in [-0.3, -0.25) is 4.99 Å². The molecule has 19 heavy (non-hydrogen) atoms. The Hall–Kier alpha value is -1.07. The number of hydrogen-bond donors (Lipinski definition) is 1. The zero-order chi connectivity index (χ0) is 13.2. The Bertz CT molecular complexity index is 604. The fourth-order valence-electron chi connectivity index (χ4n) is 2.19. The molecule has 1 atom stereocenters. The first-order valence-electron chi connectivity index (χ1n) is 6.52. The first-order valence-corrected chi connectivity index (χ1v) is 8.28. The van der Waals surface area contributed by atoms with Gasteiger partial charge < -0.3 is 5.32 Å². The standard InChI is InChI=1S/C14H17N3S2/c1-9(2)5-11-7-15-14(19-11)17-10-3-4-12-13(6-10)18-8-16-12/h3-4,6,8-9,11H,5,7H2,1-2H3,(H,15,17). The van der Waals surface area contributed by atoms with E-state index in [1.54, 1.807) is 11.3 Å². The minimum absolute atomic E-state index is 0.634. The molecule has 0 saturated heterocycles. The van der Waals surface area contributed by atoms with E-state index < -0.39 is 0 Å². The molecule has 0 radical (unpaired) electrons. The van der Waals surface area contributed by atoms with E-state index in [0.717, 1.165) is 28.8 Å². The number of benzene rings is 1. The smallest absolute Gasteiger partial charge is 0.161 e. The van der Waals surface area contributed by atoms with Crippen LogP contribution in [-0.4, -0.2) is 21.9 Å². The molecule has 100 valence electrons. The molecule has 1 aromatic heterocycles. The third-order valence-corrected chi connectivity index (χ3v) is 4.95. The molecule has 1 aliphatic rings. The van der Waals surface area contributed by atoms with Crippen molar-refractivity contribution >= 4 is 44.2 Å². The van der Waals surface area contributed by atoms with Gasteiger partial charge in [-0.15, -0.1) is 11.3 Å². The molecule has 3 nitrogen and oxygen atoms in total. The monoisotopic (exact) mass is 291 g/mol. The van der Waals surface area contributed by atoms with Crippen molar-refractivity contribution in [1.29, 1.82) is 0 Å². The molecule has 0 spiro atoms. The van der Waals surface area contributed by atoms with Crippen molar-refractivity contribution in [2.24, 2.45) is 10.9 Å². The van der Waals surface area contributed by atoms with Crippen LogP contribution in [0.3, 0.4) is 0 Å². The van der Waals surface area contributed by atoms with Crippen molar-refractivity contribution in [2.75, 3.05) is 11.9 Å². The molecule has 0 amide bonds. The largest absolute Gasteiger partial charge is 0.335 e. The van der Waals surface area contributed by atoms with Gasteiger partial charge in [0.15, 0.2) is 5.17 Å². The fraction of sp³-hybridized carbons (Fsp3) is 0.429. The lowest BCUT2D eigenvalue weighted by Crippen LogP contribution is -2.09. The van der Waals surface area contributed by atoms with E-state index in [2.05, 4.69) is 47.3 Å². The lowest BCUT2D eigenvalue weighted by molar-refractivity contribution is 0.575. The summed E-state index contributed by atoms with van der Waals surface area (Å²) in [5, 5.41) is 5.10. The fourth-order valence-corrected chi connectivity index (χ4v) is 4.18. The summed E-state index contributed by atoms with van der Waals surface area (Å²) in [7, 11) is 0. The molecule has 2 aromatic rings. The minimum Gasteiger partial charge on any atom is -0.335 e. The molecule has 1 aliphatic heterocycles. The molecule has 1 aromatic carbocycles. The van der Waals surface area contributed by atoms with E-state index in [-0.39, 0.29) is 0 Å². The van der Waals surface area contributed by atoms with Gasteiger partial charge in [0.1, 0.15) is 0 Å². The average Bonchev–Trinajstić information content (AvgIpc) is 2.97. The normalized spacial score (nSPS) is 19.1. The Morgan fingerprint density at radius 2 is 2.32 bits per heavy atom. The number of amidine groups is 1. The van der Waals surface area contributed by atoms with Gasteiger partial charge in [-0.1, -0.05) is 25.6 Å². The zero-order valence-corrected chi connectivity index (χ0v) is 12.7. The number of thiazole rings is 1. The van der Waals surface area contributed by atoms with Gasteiger partial charge >= 0.3 is 0 Å². The number of nitrogens with zero attached hydrogens (tertiary/aromatic N) is 2. The van der Waals surface area contributed by atoms with Crippen LogP contribution in [0.5, 0.6) is 0 Å². The van der Waals surface area contributed by atoms with Crippen LogP contribution in [0.4, 0.5) is 5.69 Å². The summed E-state index contributed by atoms with van der Waals surface area (Å²) in [5.41, 5.74) is 4.05. The van der Waals surface area contributed by atoms with Gasteiger partial charge in [0.05, 0.1) is 22.3 Å². The van der Waals surface area contributed by atoms with Gasteiger partial charge in [0.25, 0.3) is 0 Å². The summed E-state index contributed by atoms with van der Waals surface area (Å²) >= 11 is 3.54. The van der Waals surface area contributed by atoms with Crippen molar-refractivity contribution in [3.05, 3.63) is 23.7 Å². The molecule has 5 heteroatoms. The Labute approximate surface area is 121 Å². The Morgan fingerprint density at radius 3 is 3.16 bits per heavy atom. The highest BCUT2D eigenvalue weighted by Crippen LogP contribution is 2.28. The van der Waals surface area contributed by atoms with Crippen LogP contribution in [-0.2, 0) is 0 Å². The summed E-state index contributed by atoms with van der Waals surface area (Å²) in [6.45, 7) is 5.47. The number of fused-ring (bicyclic) bond motifs is 1. The Morgan fingerprint density at radius 1 is 1.42 bits per heavy atom. The van der Waals surface area contributed by atoms with E-state index in [0.29, 0.717) is 5.25 Å². The first-order chi connectivity index (χ1) is 9.20. The molecular weight excluding hydrogens is 274 g/mol. The van der Waals surface area contributed by atoms with Gasteiger partial charge in [0, 0.05) is 10.9 Å². The van der Waals surface area contributed by atoms with Gasteiger partial charge in [-0.25, -0.2) is 4.98 Å². The predicted molar refractivity (Wildman–Crippen MR) is 86.4 cm³/mol. The van der Waals surface area contributed by atoms with E-state index in [1.165, 1.54) is 11.1 Å². The maximum absolute atomic E-state index is 4.59. The summed E-state index contributed by atoms with van der Waals surface area (Å²) in [4.78, 5) is 8.88. The van der Waals surface area contributed by atoms with Crippen molar-refractivity contribution in [1.82, 2.24) is 4.98 Å². The first kappa shape index (κ1) is 12.9. The van der Waals surface area contributed by atoms with Gasteiger partial charge in [-0.05, 0) is 30.5 Å². The van der Waals surface area contributed by atoms with Crippen LogP contribution in [0.15, 0.2) is 28.7 Å². The number of rotatable bonds is 3. The van der Waals surface area contributed by atoms with Crippen LogP contribution in [0.2, 0.25) is 0 Å². The second-order valence-corrected chi connectivity index (χ2v) is 7.35. The molecule has 0 bridgehead atoms. The predicted octanol–water partition coefficient (Wildman–Crippen LogP) is 4.23. The van der Waals surface area contributed by atoms with Crippen molar-refractivity contribution < 1.29 is 0 Å². The lowest BCUT2D eigenvalue weighted by Gasteiger charge is -2.11. The van der Waals surface area contributed by atoms with Crippen LogP contribution in [0, 0.1) is 5.92 Å². The number of aliphatic imine (C=N–C) groups is 1. The van der Waals surface area contributed by atoms with Crippen LogP contribution < -0.4 is 5.32 Å². The van der Waals surface area contributed by atoms with E-state index >= 15 is 0 Å². The second-order valence-electron chi connectivity index (χ2n) is 5.18. The number of aromatic nitrogens is 1. The number of hydrogen-bond acceptors (Lipinski definition) is 5. The number of anilines is 1. The van der Waals surface area contributed by atoms with Crippen molar-refractivity contribution in [2.45, 2.75) is 25.5 Å². The summed E-state index contributed by atoms with van der Waals surface area (Å²) in [6.07, 6.45) is 1.23. The van der Waals surface area contributed by atoms with Crippen molar-refractivity contribution in [3.8, 4) is 0 Å². The summed E-state index contributed by atoms with van der Waals surface area (Å²) < 4.78 is 1.22. The van der Waals surface area contributed by atoms with Crippen LogP contribution >= 0.6 is 23.1 Å². The zero-order valence-electron chi connectivity index (χ0n) is 11.1. The minimum atomic E-state index is 0.634. The molecular formula is C14H17N3S2. The lowest BCUT2D eigenvalue weighted by atomic mass is 10.1. The molecule has 3 rings (SSSR count). The van der Waals surface area contributed by atoms with Crippen LogP contribution in [0.25, 0.3) is 10.2 Å². The second kappa shape index (κ2) is 5.51. The van der Waals surface area contributed by atoms with E-state index in [9.17, 15) is 0 Å². The quantitative estimate of drug-likeness (QED) is 0.919. The van der Waals surface area contributed by atoms with Crippen LogP contribution in [0.1, 0.15) is 20.3 Å². The molecule has 2 heterocycles. The van der Waals surface area contributed by atoms with Gasteiger partial charge in [-0.2, -0.15) is 0 Å². The molecule has 0 aliphatic carbocycles. The maximum Gasteiger partial charge on any atom is 0.161 e. The molecule has 0 fully saturated rings. The summed E-state index contributed by atoms with van der Waals surface area (Å²) in [6, 6.07) is 6.27. The highest BCUT2D eigenvalue weighted by atomic mass is 32.2. The van der Waals surface area contributed by atoms with E-state index in [1.807, 2.05) is 17.3 Å². The number of nitrogens with one attached hydrogen (secondary N) is 1. The van der Waals surface area contributed by atoms with Gasteiger partial charge in [0.2, 0.25) is 0 Å². The molecule has 1 unspecified atom stereocenters. The highest BCUT2D eigenvalue weighted by Gasteiger charge is 2.20. The molecule has 0 saturated carbocycles. The maximum atomic E-state index is 4.59. The SMILES string of the molecule is CC(C)CC1CN=C(Nc2ccc3ncsc3c2)S1. The summed E-state index contributed by atoms with van der Waals surface area (Å²) in [5.74, 6) is 0.737. The third kappa shape index (κ3) is 3.09. The Balaban J connectivity index is 1.65. The highest BCUT2D eigenvalue weighted by molar-refractivity contribution is 8.15. The van der Waals surface area contributed by atoms with Crippen molar-refractivity contribution in [3.63, 3.8) is 0 Å².